The van der Waals surface area contributed by atoms with Gasteiger partial charge in [-0.2, -0.15) is 0 Å². The minimum atomic E-state index is -0.350. The predicted molar refractivity (Wildman–Crippen MR) is 85.2 cm³/mol. The smallest absolute Gasteiger partial charge is 0.354 e. The van der Waals surface area contributed by atoms with Crippen molar-refractivity contribution >= 4 is 5.97 Å². The van der Waals surface area contributed by atoms with E-state index in [9.17, 15) is 4.79 Å². The van der Waals surface area contributed by atoms with Crippen molar-refractivity contribution in [1.29, 1.82) is 0 Å². The summed E-state index contributed by atoms with van der Waals surface area (Å²) in [6.45, 7) is 11.1. The number of carbonyl (C=O) groups excluding carboxylic acids is 1. The average molecular weight is 283 g/mol. The molecule has 0 spiro atoms. The van der Waals surface area contributed by atoms with Gasteiger partial charge in [-0.3, -0.25) is 0 Å². The summed E-state index contributed by atoms with van der Waals surface area (Å²) in [5.74, 6) is 1.03. The minimum absolute atomic E-state index is 0.347. The number of ether oxygens (including phenoxy) is 1. The van der Waals surface area contributed by atoms with Gasteiger partial charge < -0.3 is 10.5 Å². The highest BCUT2D eigenvalue weighted by Gasteiger charge is 2.13. The van der Waals surface area contributed by atoms with Gasteiger partial charge in [0.2, 0.25) is 0 Å². The van der Waals surface area contributed by atoms with Crippen molar-refractivity contribution in [2.75, 3.05) is 6.61 Å². The molecule has 0 aliphatic rings. The zero-order valence-electron chi connectivity index (χ0n) is 14.0. The van der Waals surface area contributed by atoms with E-state index >= 15 is 0 Å². The lowest BCUT2D eigenvalue weighted by Gasteiger charge is -2.13. The fourth-order valence-electron chi connectivity index (χ4n) is 2.19. The number of hydrogen-bond acceptors (Lipinski definition) is 3. The van der Waals surface area contributed by atoms with E-state index in [1.807, 2.05) is 6.92 Å². The molecule has 0 fully saturated rings. The molecule has 0 atom stereocenters. The Hall–Kier alpha value is -0.990. The lowest BCUT2D eigenvalue weighted by Crippen LogP contribution is -2.17. The predicted octanol–water partition coefficient (Wildman–Crippen LogP) is 4.41. The van der Waals surface area contributed by atoms with Crippen molar-refractivity contribution in [2.24, 2.45) is 17.6 Å². The van der Waals surface area contributed by atoms with Crippen LogP contribution < -0.4 is 5.73 Å². The summed E-state index contributed by atoms with van der Waals surface area (Å²) < 4.78 is 5.02. The standard InChI is InChI=1S/C17H33NO2/c1-6-20-17(19)16(18)15(11-7-9-13(2)3)12-8-10-14(4)5/h13-14H,6-12,18H2,1-5H3. The molecule has 0 amide bonds. The molecule has 0 aromatic heterocycles. The second-order valence-electron chi connectivity index (χ2n) is 6.31. The molecule has 0 aliphatic heterocycles. The Bertz CT molecular complexity index is 290. The second-order valence-corrected chi connectivity index (χ2v) is 6.31. The second kappa shape index (κ2) is 10.8. The third-order valence-corrected chi connectivity index (χ3v) is 3.40. The van der Waals surface area contributed by atoms with E-state index in [1.165, 1.54) is 12.8 Å². The topological polar surface area (TPSA) is 52.3 Å². The van der Waals surface area contributed by atoms with Crippen LogP contribution in [0.1, 0.15) is 73.1 Å². The van der Waals surface area contributed by atoms with E-state index < -0.39 is 0 Å². The summed E-state index contributed by atoms with van der Waals surface area (Å²) >= 11 is 0. The van der Waals surface area contributed by atoms with Gasteiger partial charge in [0.05, 0.1) is 6.61 Å². The molecule has 0 unspecified atom stereocenters. The first-order chi connectivity index (χ1) is 9.38. The summed E-state index contributed by atoms with van der Waals surface area (Å²) in [6, 6.07) is 0. The Morgan fingerprint density at radius 2 is 1.45 bits per heavy atom. The fourth-order valence-corrected chi connectivity index (χ4v) is 2.19. The van der Waals surface area contributed by atoms with Crippen molar-refractivity contribution in [3.8, 4) is 0 Å². The Morgan fingerprint density at radius 1 is 1.00 bits per heavy atom. The number of carbonyl (C=O) groups is 1. The highest BCUT2D eigenvalue weighted by Crippen LogP contribution is 2.21. The van der Waals surface area contributed by atoms with Gasteiger partial charge >= 0.3 is 5.97 Å². The van der Waals surface area contributed by atoms with Gasteiger partial charge in [-0.25, -0.2) is 4.79 Å². The van der Waals surface area contributed by atoms with Gasteiger partial charge in [0.25, 0.3) is 0 Å². The van der Waals surface area contributed by atoms with E-state index in [0.29, 0.717) is 24.1 Å². The van der Waals surface area contributed by atoms with Gasteiger partial charge in [-0.15, -0.1) is 0 Å². The van der Waals surface area contributed by atoms with Crippen LogP contribution in [-0.2, 0) is 9.53 Å². The maximum Gasteiger partial charge on any atom is 0.354 e. The monoisotopic (exact) mass is 283 g/mol. The van der Waals surface area contributed by atoms with E-state index in [4.69, 9.17) is 10.5 Å². The Morgan fingerprint density at radius 3 is 1.80 bits per heavy atom. The van der Waals surface area contributed by atoms with Crippen molar-refractivity contribution in [2.45, 2.75) is 73.1 Å². The molecule has 2 N–H and O–H groups in total. The van der Waals surface area contributed by atoms with Crippen LogP contribution in [0.5, 0.6) is 0 Å². The third-order valence-electron chi connectivity index (χ3n) is 3.40. The molecule has 0 aromatic carbocycles. The lowest BCUT2D eigenvalue weighted by atomic mass is 9.96. The normalized spacial score (nSPS) is 10.9. The fraction of sp³-hybridized carbons (Fsp3) is 0.824. The first-order valence-electron chi connectivity index (χ1n) is 8.03. The van der Waals surface area contributed by atoms with Crippen LogP contribution in [0.2, 0.25) is 0 Å². The molecule has 118 valence electrons. The number of esters is 1. The maximum absolute atomic E-state index is 11.8. The summed E-state index contributed by atoms with van der Waals surface area (Å²) in [6.07, 6.45) is 6.36. The summed E-state index contributed by atoms with van der Waals surface area (Å²) in [7, 11) is 0. The average Bonchev–Trinajstić information content (AvgIpc) is 2.35. The van der Waals surface area contributed by atoms with Crippen LogP contribution in [0, 0.1) is 11.8 Å². The summed E-state index contributed by atoms with van der Waals surface area (Å²) in [5, 5.41) is 0. The van der Waals surface area contributed by atoms with Crippen LogP contribution in [0.15, 0.2) is 11.3 Å². The van der Waals surface area contributed by atoms with Crippen LogP contribution in [0.4, 0.5) is 0 Å². The van der Waals surface area contributed by atoms with Crippen LogP contribution in [0.25, 0.3) is 0 Å². The molecule has 0 bridgehead atoms. The van der Waals surface area contributed by atoms with Gasteiger partial charge in [-0.1, -0.05) is 40.5 Å². The number of rotatable bonds is 10. The highest BCUT2D eigenvalue weighted by atomic mass is 16.5. The van der Waals surface area contributed by atoms with Crippen LogP contribution in [0.3, 0.4) is 0 Å². The zero-order valence-corrected chi connectivity index (χ0v) is 14.0. The van der Waals surface area contributed by atoms with Gasteiger partial charge in [0, 0.05) is 0 Å². The number of hydrogen-bond donors (Lipinski definition) is 1. The molecular weight excluding hydrogens is 250 g/mol. The molecule has 0 saturated heterocycles. The summed E-state index contributed by atoms with van der Waals surface area (Å²) in [4.78, 5) is 11.8. The Kier molecular flexibility index (Phi) is 10.2. The first kappa shape index (κ1) is 19.0. The van der Waals surface area contributed by atoms with E-state index in [-0.39, 0.29) is 5.97 Å². The molecule has 0 saturated carbocycles. The van der Waals surface area contributed by atoms with Gasteiger partial charge in [0.1, 0.15) is 5.70 Å². The molecular formula is C17H33NO2. The van der Waals surface area contributed by atoms with Crippen LogP contribution >= 0.6 is 0 Å². The number of allylic oxidation sites excluding steroid dienone is 1. The molecule has 20 heavy (non-hydrogen) atoms. The Labute approximate surface area is 125 Å². The van der Waals surface area contributed by atoms with Crippen molar-refractivity contribution in [3.63, 3.8) is 0 Å². The van der Waals surface area contributed by atoms with E-state index in [2.05, 4.69) is 27.7 Å². The SMILES string of the molecule is CCOC(=O)C(N)=C(CCCC(C)C)CCCC(C)C. The highest BCUT2D eigenvalue weighted by molar-refractivity contribution is 5.88. The van der Waals surface area contributed by atoms with Crippen LogP contribution in [-0.4, -0.2) is 12.6 Å². The molecule has 0 aromatic rings. The zero-order chi connectivity index (χ0) is 15.5. The third kappa shape index (κ3) is 9.00. The lowest BCUT2D eigenvalue weighted by molar-refractivity contribution is -0.138. The van der Waals surface area contributed by atoms with E-state index in [1.54, 1.807) is 0 Å². The van der Waals surface area contributed by atoms with Gasteiger partial charge in [-0.05, 0) is 50.0 Å². The Balaban J connectivity index is 4.58. The molecule has 3 heteroatoms. The van der Waals surface area contributed by atoms with Gasteiger partial charge in [0.15, 0.2) is 0 Å². The van der Waals surface area contributed by atoms with Crippen molar-refractivity contribution < 1.29 is 9.53 Å². The molecule has 0 aliphatic carbocycles. The van der Waals surface area contributed by atoms with Crippen molar-refractivity contribution in [3.05, 3.63) is 11.3 Å². The maximum atomic E-state index is 11.8. The molecule has 0 heterocycles. The van der Waals surface area contributed by atoms with E-state index in [0.717, 1.165) is 31.3 Å². The molecule has 0 rings (SSSR count). The molecule has 3 nitrogen and oxygen atoms in total. The largest absolute Gasteiger partial charge is 0.461 e. The minimum Gasteiger partial charge on any atom is -0.461 e. The number of nitrogens with two attached hydrogens (primary N) is 1. The molecule has 0 radical (unpaired) electrons. The summed E-state index contributed by atoms with van der Waals surface area (Å²) in [5.41, 5.74) is 7.42. The van der Waals surface area contributed by atoms with Crippen molar-refractivity contribution in [1.82, 2.24) is 0 Å². The first-order valence-corrected chi connectivity index (χ1v) is 8.03. The quantitative estimate of drug-likeness (QED) is 0.477.